The molecule has 5 heteroatoms. The van der Waals surface area contributed by atoms with Crippen molar-refractivity contribution in [2.45, 2.75) is 45.4 Å². The number of unbranched alkanes of at least 4 members (excludes halogenated alkanes) is 1. The maximum Gasteiger partial charge on any atom is 0.239 e. The van der Waals surface area contributed by atoms with Crippen molar-refractivity contribution in [2.75, 3.05) is 12.3 Å². The maximum atomic E-state index is 12.2. The van der Waals surface area contributed by atoms with Crippen molar-refractivity contribution >= 4 is 39.4 Å². The Morgan fingerprint density at radius 1 is 1.24 bits per heavy atom. The molecule has 0 atom stereocenters. The SMILES string of the molecule is CCCCN1C(=O)CSC1=Nc1c2c(nc3ccccc13)CCCC2. The van der Waals surface area contributed by atoms with Crippen LogP contribution in [0.2, 0.25) is 0 Å². The second-order valence-electron chi connectivity index (χ2n) is 6.69. The number of thioether (sulfide) groups is 1. The van der Waals surface area contributed by atoms with E-state index in [1.807, 2.05) is 17.0 Å². The molecule has 130 valence electrons. The number of rotatable bonds is 4. The van der Waals surface area contributed by atoms with Crippen LogP contribution in [0.5, 0.6) is 0 Å². The average molecular weight is 353 g/mol. The van der Waals surface area contributed by atoms with E-state index in [1.165, 1.54) is 24.1 Å². The van der Waals surface area contributed by atoms with E-state index < -0.39 is 0 Å². The van der Waals surface area contributed by atoms with Crippen LogP contribution in [0.3, 0.4) is 0 Å². The zero-order valence-corrected chi connectivity index (χ0v) is 15.4. The van der Waals surface area contributed by atoms with E-state index in [-0.39, 0.29) is 5.91 Å². The molecule has 1 fully saturated rings. The summed E-state index contributed by atoms with van der Waals surface area (Å²) in [5.41, 5.74) is 4.53. The van der Waals surface area contributed by atoms with Crippen molar-refractivity contribution in [3.8, 4) is 0 Å². The fourth-order valence-electron chi connectivity index (χ4n) is 3.59. The number of carbonyl (C=O) groups is 1. The molecule has 1 aliphatic carbocycles. The van der Waals surface area contributed by atoms with E-state index in [2.05, 4.69) is 19.1 Å². The molecular formula is C20H23N3OS. The molecule has 1 saturated heterocycles. The number of pyridine rings is 1. The number of amides is 1. The lowest BCUT2D eigenvalue weighted by molar-refractivity contribution is -0.124. The number of aromatic nitrogens is 1. The molecule has 0 N–H and O–H groups in total. The van der Waals surface area contributed by atoms with E-state index in [0.29, 0.717) is 5.75 Å². The van der Waals surface area contributed by atoms with E-state index >= 15 is 0 Å². The molecule has 2 aromatic rings. The van der Waals surface area contributed by atoms with Crippen molar-refractivity contribution in [2.24, 2.45) is 4.99 Å². The van der Waals surface area contributed by atoms with E-state index in [9.17, 15) is 4.79 Å². The van der Waals surface area contributed by atoms with Crippen LogP contribution in [-0.4, -0.2) is 33.3 Å². The second-order valence-corrected chi connectivity index (χ2v) is 7.63. The predicted octanol–water partition coefficient (Wildman–Crippen LogP) is 4.48. The molecule has 4 rings (SSSR count). The van der Waals surface area contributed by atoms with Crippen LogP contribution in [0, 0.1) is 0 Å². The summed E-state index contributed by atoms with van der Waals surface area (Å²) < 4.78 is 0. The highest BCUT2D eigenvalue weighted by Gasteiger charge is 2.28. The van der Waals surface area contributed by atoms with Crippen LogP contribution >= 0.6 is 11.8 Å². The summed E-state index contributed by atoms with van der Waals surface area (Å²) in [5, 5.41) is 1.97. The van der Waals surface area contributed by atoms with Crippen LogP contribution in [0.4, 0.5) is 5.69 Å². The highest BCUT2D eigenvalue weighted by Crippen LogP contribution is 2.37. The summed E-state index contributed by atoms with van der Waals surface area (Å²) in [7, 11) is 0. The molecule has 1 aromatic carbocycles. The largest absolute Gasteiger partial charge is 0.291 e. The number of amidine groups is 1. The molecule has 1 aliphatic heterocycles. The van der Waals surface area contributed by atoms with Gasteiger partial charge < -0.3 is 0 Å². The number of hydrogen-bond donors (Lipinski definition) is 0. The Balaban J connectivity index is 1.84. The average Bonchev–Trinajstić information content (AvgIpc) is 2.99. The third-order valence-electron chi connectivity index (χ3n) is 4.94. The number of nitrogens with zero attached hydrogens (tertiary/aromatic N) is 3. The molecule has 1 amide bonds. The summed E-state index contributed by atoms with van der Waals surface area (Å²) in [4.78, 5) is 24.0. The van der Waals surface area contributed by atoms with Crippen LogP contribution in [0.25, 0.3) is 10.9 Å². The zero-order chi connectivity index (χ0) is 17.2. The first-order chi connectivity index (χ1) is 12.3. The van der Waals surface area contributed by atoms with Gasteiger partial charge in [0.2, 0.25) is 5.91 Å². The van der Waals surface area contributed by atoms with Gasteiger partial charge in [0.05, 0.1) is 17.0 Å². The Hall–Kier alpha value is -1.88. The van der Waals surface area contributed by atoms with Crippen LogP contribution in [0.1, 0.15) is 43.9 Å². The number of carbonyl (C=O) groups excluding carboxylic acids is 1. The third kappa shape index (κ3) is 3.17. The van der Waals surface area contributed by atoms with Crippen molar-refractivity contribution in [1.29, 1.82) is 0 Å². The fraction of sp³-hybridized carbons (Fsp3) is 0.450. The van der Waals surface area contributed by atoms with Crippen molar-refractivity contribution in [3.63, 3.8) is 0 Å². The summed E-state index contributed by atoms with van der Waals surface area (Å²) in [5.74, 6) is 0.692. The number of aryl methyl sites for hydroxylation is 1. The Morgan fingerprint density at radius 2 is 2.08 bits per heavy atom. The van der Waals surface area contributed by atoms with Gasteiger partial charge in [0.15, 0.2) is 5.17 Å². The summed E-state index contributed by atoms with van der Waals surface area (Å²) in [6, 6.07) is 8.25. The van der Waals surface area contributed by atoms with Crippen molar-refractivity contribution in [3.05, 3.63) is 35.5 Å². The topological polar surface area (TPSA) is 45.6 Å². The Bertz CT molecular complexity index is 846. The number of hydrogen-bond acceptors (Lipinski definition) is 4. The standard InChI is InChI=1S/C20H23N3OS/c1-2-3-12-23-18(24)13-25-20(23)22-19-14-8-4-6-10-16(14)21-17-11-7-5-9-15(17)19/h4,6,8,10H,2-3,5,7,9,11-13H2,1H3. The van der Waals surface area contributed by atoms with Crippen molar-refractivity contribution < 1.29 is 4.79 Å². The fourth-order valence-corrected chi connectivity index (χ4v) is 4.50. The minimum atomic E-state index is 0.185. The lowest BCUT2D eigenvalue weighted by atomic mass is 9.93. The van der Waals surface area contributed by atoms with Crippen LogP contribution in [0.15, 0.2) is 29.3 Å². The van der Waals surface area contributed by atoms with Gasteiger partial charge in [-0.3, -0.25) is 14.7 Å². The molecule has 1 aromatic heterocycles. The first kappa shape index (κ1) is 16.6. The minimum Gasteiger partial charge on any atom is -0.291 e. The van der Waals surface area contributed by atoms with Gasteiger partial charge in [-0.25, -0.2) is 4.99 Å². The van der Waals surface area contributed by atoms with E-state index in [1.54, 1.807) is 11.8 Å². The monoisotopic (exact) mass is 353 g/mol. The predicted molar refractivity (Wildman–Crippen MR) is 105 cm³/mol. The minimum absolute atomic E-state index is 0.185. The van der Waals surface area contributed by atoms with Crippen LogP contribution < -0.4 is 0 Å². The Kier molecular flexibility index (Phi) is 4.75. The molecule has 0 bridgehead atoms. The molecule has 0 saturated carbocycles. The van der Waals surface area contributed by atoms with E-state index in [0.717, 1.165) is 54.0 Å². The van der Waals surface area contributed by atoms with Crippen LogP contribution in [-0.2, 0) is 17.6 Å². The molecule has 2 heterocycles. The lowest BCUT2D eigenvalue weighted by Gasteiger charge is -2.20. The number of aliphatic imine (C=N–C) groups is 1. The van der Waals surface area contributed by atoms with Gasteiger partial charge in [-0.05, 0) is 38.2 Å². The normalized spacial score (nSPS) is 19.0. The first-order valence-corrected chi connectivity index (χ1v) is 10.2. The summed E-state index contributed by atoms with van der Waals surface area (Å²) in [6.45, 7) is 2.92. The first-order valence-electron chi connectivity index (χ1n) is 9.20. The summed E-state index contributed by atoms with van der Waals surface area (Å²) >= 11 is 1.57. The van der Waals surface area contributed by atoms with Gasteiger partial charge in [0.1, 0.15) is 0 Å². The Morgan fingerprint density at radius 3 is 2.96 bits per heavy atom. The molecule has 4 nitrogen and oxygen atoms in total. The maximum absolute atomic E-state index is 12.2. The van der Waals surface area contributed by atoms with Gasteiger partial charge in [0, 0.05) is 23.2 Å². The second kappa shape index (κ2) is 7.16. The third-order valence-corrected chi connectivity index (χ3v) is 5.90. The van der Waals surface area contributed by atoms with Gasteiger partial charge in [-0.15, -0.1) is 0 Å². The lowest BCUT2D eigenvalue weighted by Crippen LogP contribution is -2.30. The molecule has 0 radical (unpaired) electrons. The van der Waals surface area contributed by atoms with E-state index in [4.69, 9.17) is 9.98 Å². The molecular weight excluding hydrogens is 330 g/mol. The highest BCUT2D eigenvalue weighted by molar-refractivity contribution is 8.15. The van der Waals surface area contributed by atoms with Crippen molar-refractivity contribution in [1.82, 2.24) is 9.88 Å². The number of benzene rings is 1. The molecule has 2 aliphatic rings. The molecule has 25 heavy (non-hydrogen) atoms. The number of fused-ring (bicyclic) bond motifs is 2. The number of para-hydroxylation sites is 1. The quantitative estimate of drug-likeness (QED) is 0.814. The zero-order valence-electron chi connectivity index (χ0n) is 14.6. The Labute approximate surface area is 152 Å². The molecule has 0 spiro atoms. The summed E-state index contributed by atoms with van der Waals surface area (Å²) in [6.07, 6.45) is 6.55. The van der Waals surface area contributed by atoms with Gasteiger partial charge in [-0.1, -0.05) is 43.3 Å². The van der Waals surface area contributed by atoms with Gasteiger partial charge >= 0.3 is 0 Å². The van der Waals surface area contributed by atoms with Gasteiger partial charge in [0.25, 0.3) is 0 Å². The van der Waals surface area contributed by atoms with Gasteiger partial charge in [-0.2, -0.15) is 0 Å². The highest BCUT2D eigenvalue weighted by atomic mass is 32.2. The smallest absolute Gasteiger partial charge is 0.239 e. The molecule has 0 unspecified atom stereocenters.